The summed E-state index contributed by atoms with van der Waals surface area (Å²) < 4.78 is 32.9. The van der Waals surface area contributed by atoms with Crippen molar-refractivity contribution in [3.8, 4) is 0 Å². The summed E-state index contributed by atoms with van der Waals surface area (Å²) in [5.41, 5.74) is 2.57. The van der Waals surface area contributed by atoms with Crippen LogP contribution in [0.15, 0.2) is 47.4 Å². The number of sulfonamides is 1. The number of piperidine rings is 1. The van der Waals surface area contributed by atoms with Gasteiger partial charge < -0.3 is 10.1 Å². The van der Waals surface area contributed by atoms with Crippen LogP contribution in [0.1, 0.15) is 47.7 Å². The Labute approximate surface area is 194 Å². The summed E-state index contributed by atoms with van der Waals surface area (Å²) in [6.45, 7) is 5.30. The Morgan fingerprint density at radius 2 is 1.97 bits per heavy atom. The molecular weight excluding hydrogens is 442 g/mol. The number of aryl methyl sites for hydroxylation is 1. The molecule has 176 valence electrons. The van der Waals surface area contributed by atoms with Crippen LogP contribution < -0.4 is 10.2 Å². The van der Waals surface area contributed by atoms with Crippen LogP contribution in [-0.4, -0.2) is 50.5 Å². The van der Waals surface area contributed by atoms with Gasteiger partial charge in [0.15, 0.2) is 0 Å². The second-order valence-electron chi connectivity index (χ2n) is 8.56. The van der Waals surface area contributed by atoms with Crippen LogP contribution in [0.3, 0.4) is 0 Å². The van der Waals surface area contributed by atoms with Gasteiger partial charge in [-0.15, -0.1) is 0 Å². The first-order valence-electron chi connectivity index (χ1n) is 11.2. The van der Waals surface area contributed by atoms with E-state index in [0.717, 1.165) is 24.8 Å². The largest absolute Gasteiger partial charge is 0.447 e. The highest BCUT2D eigenvalue weighted by Gasteiger charge is 2.31. The van der Waals surface area contributed by atoms with Gasteiger partial charge >= 0.3 is 6.09 Å². The smallest absolute Gasteiger partial charge is 0.414 e. The lowest BCUT2D eigenvalue weighted by Crippen LogP contribution is -2.42. The van der Waals surface area contributed by atoms with E-state index >= 15 is 0 Å². The third-order valence-corrected chi connectivity index (χ3v) is 8.25. The molecule has 1 unspecified atom stereocenters. The molecule has 0 bridgehead atoms. The number of anilines is 1. The van der Waals surface area contributed by atoms with Crippen molar-refractivity contribution in [2.24, 2.45) is 0 Å². The van der Waals surface area contributed by atoms with Gasteiger partial charge in [-0.05, 0) is 62.1 Å². The number of cyclic esters (lactones) is 1. The van der Waals surface area contributed by atoms with E-state index in [-0.39, 0.29) is 29.5 Å². The summed E-state index contributed by atoms with van der Waals surface area (Å²) in [7, 11) is -3.67. The van der Waals surface area contributed by atoms with Gasteiger partial charge in [-0.2, -0.15) is 4.31 Å². The highest BCUT2D eigenvalue weighted by molar-refractivity contribution is 7.89. The lowest BCUT2D eigenvalue weighted by Gasteiger charge is -2.32. The molecule has 2 aromatic rings. The molecule has 2 aromatic carbocycles. The van der Waals surface area contributed by atoms with Gasteiger partial charge in [-0.1, -0.05) is 24.6 Å². The minimum absolute atomic E-state index is 0.0532. The zero-order chi connectivity index (χ0) is 23.6. The van der Waals surface area contributed by atoms with Gasteiger partial charge in [0, 0.05) is 30.4 Å². The molecule has 0 aromatic heterocycles. The van der Waals surface area contributed by atoms with Crippen LogP contribution in [-0.2, 0) is 21.3 Å². The highest BCUT2D eigenvalue weighted by Crippen LogP contribution is 2.26. The van der Waals surface area contributed by atoms with Crippen molar-refractivity contribution in [1.29, 1.82) is 0 Å². The SMILES string of the molecule is Cc1ccc(S(=O)(=O)N2CCCCC2C)cc1C(=O)NCc1cccc(N2CCOC2=O)c1. The molecule has 2 fully saturated rings. The van der Waals surface area contributed by atoms with Crippen LogP contribution >= 0.6 is 0 Å². The fourth-order valence-corrected chi connectivity index (χ4v) is 6.04. The lowest BCUT2D eigenvalue weighted by molar-refractivity contribution is 0.0950. The summed E-state index contributed by atoms with van der Waals surface area (Å²) >= 11 is 0. The molecular formula is C24H29N3O5S. The normalized spacial score (nSPS) is 19.4. The second-order valence-corrected chi connectivity index (χ2v) is 10.4. The number of hydrogen-bond acceptors (Lipinski definition) is 5. The summed E-state index contributed by atoms with van der Waals surface area (Å²) in [5, 5.41) is 2.87. The van der Waals surface area contributed by atoms with Crippen LogP contribution in [0.4, 0.5) is 10.5 Å². The Morgan fingerprint density at radius 3 is 2.70 bits per heavy atom. The topological polar surface area (TPSA) is 96.0 Å². The summed E-state index contributed by atoms with van der Waals surface area (Å²) in [6, 6.07) is 12.0. The van der Waals surface area contributed by atoms with E-state index < -0.39 is 10.0 Å². The Morgan fingerprint density at radius 1 is 1.15 bits per heavy atom. The van der Waals surface area contributed by atoms with Crippen LogP contribution in [0.25, 0.3) is 0 Å². The van der Waals surface area contributed by atoms with E-state index in [1.807, 2.05) is 31.2 Å². The van der Waals surface area contributed by atoms with Gasteiger partial charge in [0.1, 0.15) is 6.61 Å². The molecule has 0 saturated carbocycles. The molecule has 2 saturated heterocycles. The predicted molar refractivity (Wildman–Crippen MR) is 125 cm³/mol. The van der Waals surface area contributed by atoms with E-state index in [9.17, 15) is 18.0 Å². The highest BCUT2D eigenvalue weighted by atomic mass is 32.2. The van der Waals surface area contributed by atoms with Crippen molar-refractivity contribution in [2.75, 3.05) is 24.6 Å². The van der Waals surface area contributed by atoms with Gasteiger partial charge in [-0.25, -0.2) is 13.2 Å². The molecule has 0 spiro atoms. The molecule has 4 rings (SSSR count). The minimum atomic E-state index is -3.67. The number of nitrogens with zero attached hydrogens (tertiary/aromatic N) is 2. The third kappa shape index (κ3) is 4.89. The number of ether oxygens (including phenoxy) is 1. The molecule has 0 radical (unpaired) electrons. The van der Waals surface area contributed by atoms with Gasteiger partial charge in [0.2, 0.25) is 10.0 Å². The Balaban J connectivity index is 1.49. The average molecular weight is 472 g/mol. The molecule has 1 N–H and O–H groups in total. The first-order chi connectivity index (χ1) is 15.8. The lowest BCUT2D eigenvalue weighted by atomic mass is 10.1. The summed E-state index contributed by atoms with van der Waals surface area (Å²) in [5.74, 6) is -0.345. The van der Waals surface area contributed by atoms with E-state index in [1.165, 1.54) is 10.4 Å². The molecule has 2 aliphatic rings. The molecule has 2 aliphatic heterocycles. The van der Waals surface area contributed by atoms with Crippen molar-refractivity contribution in [1.82, 2.24) is 9.62 Å². The first kappa shape index (κ1) is 23.3. The molecule has 9 heteroatoms. The van der Waals surface area contributed by atoms with E-state index in [2.05, 4.69) is 5.32 Å². The van der Waals surface area contributed by atoms with Crippen molar-refractivity contribution in [3.05, 3.63) is 59.2 Å². The third-order valence-electron chi connectivity index (χ3n) is 6.24. The molecule has 33 heavy (non-hydrogen) atoms. The van der Waals surface area contributed by atoms with Crippen LogP contribution in [0.5, 0.6) is 0 Å². The van der Waals surface area contributed by atoms with E-state index in [1.54, 1.807) is 24.0 Å². The number of amides is 2. The number of carbonyl (C=O) groups is 2. The standard InChI is InChI=1S/C24H29N3O5S/c1-17-9-10-21(33(30,31)27-11-4-3-6-18(27)2)15-22(17)23(28)25-16-19-7-5-8-20(14-19)26-12-13-32-24(26)29/h5,7-10,14-15,18H,3-4,6,11-13,16H2,1-2H3,(H,25,28). The maximum Gasteiger partial charge on any atom is 0.414 e. The predicted octanol–water partition coefficient (Wildman–Crippen LogP) is 3.44. The quantitative estimate of drug-likeness (QED) is 0.696. The Kier molecular flexibility index (Phi) is 6.71. The zero-order valence-electron chi connectivity index (χ0n) is 18.9. The minimum Gasteiger partial charge on any atom is -0.447 e. The number of carbonyl (C=O) groups excluding carboxylic acids is 2. The summed E-state index contributed by atoms with van der Waals surface area (Å²) in [6.07, 6.45) is 2.33. The van der Waals surface area contributed by atoms with Crippen LogP contribution in [0.2, 0.25) is 0 Å². The molecule has 0 aliphatic carbocycles. The fourth-order valence-electron chi connectivity index (χ4n) is 4.31. The van der Waals surface area contributed by atoms with Gasteiger partial charge in [0.25, 0.3) is 5.91 Å². The van der Waals surface area contributed by atoms with Crippen molar-refractivity contribution in [3.63, 3.8) is 0 Å². The number of hydrogen-bond donors (Lipinski definition) is 1. The fraction of sp³-hybridized carbons (Fsp3) is 0.417. The van der Waals surface area contributed by atoms with Crippen molar-refractivity contribution in [2.45, 2.75) is 50.6 Å². The monoisotopic (exact) mass is 471 g/mol. The Hall–Kier alpha value is -2.91. The van der Waals surface area contributed by atoms with Crippen molar-refractivity contribution >= 4 is 27.7 Å². The number of nitrogens with one attached hydrogen (secondary N) is 1. The zero-order valence-corrected chi connectivity index (χ0v) is 19.7. The molecule has 2 amide bonds. The van der Waals surface area contributed by atoms with E-state index in [0.29, 0.717) is 36.5 Å². The van der Waals surface area contributed by atoms with Crippen LogP contribution in [0, 0.1) is 6.92 Å². The molecule has 2 heterocycles. The maximum absolute atomic E-state index is 13.2. The summed E-state index contributed by atoms with van der Waals surface area (Å²) in [4.78, 5) is 26.4. The van der Waals surface area contributed by atoms with Crippen molar-refractivity contribution < 1.29 is 22.7 Å². The molecule has 8 nitrogen and oxygen atoms in total. The number of benzene rings is 2. The number of rotatable bonds is 6. The van der Waals surface area contributed by atoms with E-state index in [4.69, 9.17) is 4.74 Å². The maximum atomic E-state index is 13.2. The Bertz CT molecular complexity index is 1160. The second kappa shape index (κ2) is 9.52. The first-order valence-corrected chi connectivity index (χ1v) is 12.7. The molecule has 1 atom stereocenters. The van der Waals surface area contributed by atoms with Gasteiger partial charge in [0.05, 0.1) is 11.4 Å². The average Bonchev–Trinajstić information content (AvgIpc) is 3.24. The van der Waals surface area contributed by atoms with Gasteiger partial charge in [-0.3, -0.25) is 9.69 Å².